The van der Waals surface area contributed by atoms with Crippen LogP contribution >= 0.6 is 11.3 Å². The van der Waals surface area contributed by atoms with Crippen LogP contribution in [0.25, 0.3) is 20.5 Å². The van der Waals surface area contributed by atoms with Crippen molar-refractivity contribution in [3.63, 3.8) is 0 Å². The van der Waals surface area contributed by atoms with Crippen LogP contribution in [0.3, 0.4) is 0 Å². The molecular weight excluding hydrogens is 598 g/mol. The van der Waals surface area contributed by atoms with Crippen LogP contribution in [0.2, 0.25) is 0 Å². The average Bonchev–Trinajstić information content (AvgIpc) is 3.44. The molecule has 0 aliphatic heterocycles. The third-order valence-corrected chi connectivity index (χ3v) is 8.70. The van der Waals surface area contributed by atoms with Gasteiger partial charge in [0.1, 0.15) is 11.5 Å². The largest absolute Gasteiger partial charge is 0.497 e. The Morgan fingerprint density at radius 1 is 0.804 bits per heavy atom. The zero-order chi connectivity index (χ0) is 32.5. The first kappa shape index (κ1) is 32.2. The molecule has 46 heavy (non-hydrogen) atoms. The number of hydrogen-bond donors (Lipinski definition) is 0. The van der Waals surface area contributed by atoms with Gasteiger partial charge in [0.2, 0.25) is 11.7 Å². The normalized spacial score (nSPS) is 11.3. The van der Waals surface area contributed by atoms with E-state index >= 15 is 0 Å². The fourth-order valence-corrected chi connectivity index (χ4v) is 6.47. The minimum atomic E-state index is -0.600. The van der Waals surface area contributed by atoms with Crippen LogP contribution in [-0.4, -0.2) is 55.5 Å². The van der Waals surface area contributed by atoms with Gasteiger partial charge in [-0.2, -0.15) is 0 Å². The number of carbonyl (C=O) groups excluding carboxylic acids is 2. The number of methoxy groups -OCH3 is 2. The summed E-state index contributed by atoms with van der Waals surface area (Å²) in [7, 11) is 4.84. The Hall–Kier alpha value is -5.15. The molecule has 0 radical (unpaired) electrons. The van der Waals surface area contributed by atoms with Crippen LogP contribution < -0.4 is 9.47 Å². The second-order valence-electron chi connectivity index (χ2n) is 10.5. The van der Waals surface area contributed by atoms with E-state index in [1.165, 1.54) is 5.01 Å². The standard InChI is InChI=1S/C37H37N3O5S/c1-5-45-37(42)36(40(24-26-14-8-6-9-15-26)25-27-16-10-7-11-17-27)38-39(2)34(41)23-31-29-21-20-28(43-3)22-33(29)46-35(31)30-18-12-13-19-32(30)44-4/h6-22H,5,23-25H2,1-4H3. The predicted octanol–water partition coefficient (Wildman–Crippen LogP) is 7.17. The topological polar surface area (TPSA) is 80.7 Å². The molecule has 1 amide bonds. The van der Waals surface area contributed by atoms with Gasteiger partial charge in [0.15, 0.2) is 0 Å². The first-order valence-corrected chi connectivity index (χ1v) is 15.8. The Bertz CT molecular complexity index is 1780. The quantitative estimate of drug-likeness (QED) is 0.0663. The van der Waals surface area contributed by atoms with Crippen molar-refractivity contribution in [1.29, 1.82) is 0 Å². The molecule has 1 aromatic heterocycles. The summed E-state index contributed by atoms with van der Waals surface area (Å²) in [6, 6.07) is 33.3. The second kappa shape index (κ2) is 15.2. The Labute approximate surface area is 273 Å². The first-order valence-electron chi connectivity index (χ1n) is 15.0. The Morgan fingerprint density at radius 2 is 1.43 bits per heavy atom. The number of benzene rings is 4. The number of amides is 1. The molecule has 9 heteroatoms. The number of hydrogen-bond acceptors (Lipinski definition) is 7. The lowest BCUT2D eigenvalue weighted by Gasteiger charge is -2.26. The molecule has 0 atom stereocenters. The van der Waals surface area contributed by atoms with Crippen molar-refractivity contribution in [1.82, 2.24) is 9.91 Å². The molecule has 0 fully saturated rings. The molecule has 0 aliphatic rings. The maximum atomic E-state index is 14.0. The van der Waals surface area contributed by atoms with E-state index in [0.717, 1.165) is 43.0 Å². The number of rotatable bonds is 11. The van der Waals surface area contributed by atoms with Gasteiger partial charge in [0.05, 0.1) is 27.2 Å². The molecule has 0 aliphatic carbocycles. The molecule has 5 rings (SSSR count). The van der Waals surface area contributed by atoms with E-state index in [1.54, 1.807) is 39.5 Å². The highest BCUT2D eigenvalue weighted by Gasteiger charge is 2.26. The number of hydrazone groups is 1. The second-order valence-corrected chi connectivity index (χ2v) is 11.6. The molecule has 0 N–H and O–H groups in total. The van der Waals surface area contributed by atoms with E-state index in [2.05, 4.69) is 5.10 Å². The number of esters is 1. The number of ether oxygens (including phenoxy) is 3. The molecule has 5 aromatic rings. The highest BCUT2D eigenvalue weighted by molar-refractivity contribution is 7.22. The summed E-state index contributed by atoms with van der Waals surface area (Å²) in [5, 5.41) is 6.81. The van der Waals surface area contributed by atoms with E-state index in [0.29, 0.717) is 18.8 Å². The van der Waals surface area contributed by atoms with Crippen LogP contribution in [0.15, 0.2) is 108 Å². The third-order valence-electron chi connectivity index (χ3n) is 7.48. The first-order chi connectivity index (χ1) is 22.4. The molecule has 0 saturated heterocycles. The van der Waals surface area contributed by atoms with Crippen LogP contribution in [0.5, 0.6) is 11.5 Å². The van der Waals surface area contributed by atoms with Crippen molar-refractivity contribution in [3.05, 3.63) is 120 Å². The Balaban J connectivity index is 1.53. The molecule has 0 saturated carbocycles. The van der Waals surface area contributed by atoms with Crippen LogP contribution in [-0.2, 0) is 33.8 Å². The van der Waals surface area contributed by atoms with Crippen molar-refractivity contribution in [3.8, 4) is 21.9 Å². The maximum Gasteiger partial charge on any atom is 0.376 e. The summed E-state index contributed by atoms with van der Waals surface area (Å²) in [5.41, 5.74) is 3.72. The summed E-state index contributed by atoms with van der Waals surface area (Å²) in [6.45, 7) is 2.71. The number of amidine groups is 1. The summed E-state index contributed by atoms with van der Waals surface area (Å²) >= 11 is 1.57. The van der Waals surface area contributed by atoms with E-state index in [1.807, 2.05) is 108 Å². The number of likely N-dealkylation sites (N-methyl/N-ethyl adjacent to an activating group) is 1. The summed E-state index contributed by atoms with van der Waals surface area (Å²) in [4.78, 5) is 30.2. The Kier molecular flexibility index (Phi) is 10.7. The van der Waals surface area contributed by atoms with E-state index in [9.17, 15) is 9.59 Å². The number of para-hydroxylation sites is 1. The minimum absolute atomic E-state index is 0.0488. The lowest BCUT2D eigenvalue weighted by atomic mass is 10.0. The van der Waals surface area contributed by atoms with Gasteiger partial charge in [-0.05, 0) is 59.3 Å². The molecule has 236 valence electrons. The molecular formula is C37H37N3O5S. The number of fused-ring (bicyclic) bond motifs is 1. The van der Waals surface area contributed by atoms with Gasteiger partial charge in [-0.3, -0.25) is 4.79 Å². The highest BCUT2D eigenvalue weighted by atomic mass is 32.1. The average molecular weight is 636 g/mol. The van der Waals surface area contributed by atoms with E-state index in [-0.39, 0.29) is 24.8 Å². The van der Waals surface area contributed by atoms with E-state index < -0.39 is 5.97 Å². The van der Waals surface area contributed by atoms with Gasteiger partial charge in [-0.1, -0.05) is 72.8 Å². The predicted molar refractivity (Wildman–Crippen MR) is 183 cm³/mol. The smallest absolute Gasteiger partial charge is 0.376 e. The zero-order valence-corrected chi connectivity index (χ0v) is 27.3. The SMILES string of the molecule is CCOC(=O)C(=NN(C)C(=O)Cc1c(-c2ccccc2OC)sc2cc(OC)ccc12)N(Cc1ccccc1)Cc1ccccc1. The lowest BCUT2D eigenvalue weighted by molar-refractivity contribution is -0.136. The van der Waals surface area contributed by atoms with Crippen molar-refractivity contribution >= 4 is 39.1 Å². The van der Waals surface area contributed by atoms with E-state index in [4.69, 9.17) is 14.2 Å². The zero-order valence-electron chi connectivity index (χ0n) is 26.4. The lowest BCUT2D eigenvalue weighted by Crippen LogP contribution is -2.39. The number of carbonyl (C=O) groups is 2. The molecule has 8 nitrogen and oxygen atoms in total. The maximum absolute atomic E-state index is 14.0. The summed E-state index contributed by atoms with van der Waals surface area (Å²) < 4.78 is 17.6. The Morgan fingerprint density at radius 3 is 2.04 bits per heavy atom. The molecule has 4 aromatic carbocycles. The summed E-state index contributed by atoms with van der Waals surface area (Å²) in [5.74, 6) is 0.610. The van der Waals surface area contributed by atoms with Crippen molar-refractivity contribution in [2.45, 2.75) is 26.4 Å². The van der Waals surface area contributed by atoms with Gasteiger partial charge < -0.3 is 19.1 Å². The monoisotopic (exact) mass is 635 g/mol. The van der Waals surface area contributed by atoms with Crippen LogP contribution in [0.4, 0.5) is 0 Å². The molecule has 0 unspecified atom stereocenters. The van der Waals surface area contributed by atoms with Gasteiger partial charge in [0.25, 0.3) is 0 Å². The third kappa shape index (κ3) is 7.55. The minimum Gasteiger partial charge on any atom is -0.497 e. The van der Waals surface area contributed by atoms with Crippen LogP contribution in [0.1, 0.15) is 23.6 Å². The van der Waals surface area contributed by atoms with Gasteiger partial charge in [-0.25, -0.2) is 9.80 Å². The van der Waals surface area contributed by atoms with Gasteiger partial charge in [-0.15, -0.1) is 16.4 Å². The summed E-state index contributed by atoms with van der Waals surface area (Å²) in [6.07, 6.45) is 0.0488. The molecule has 0 spiro atoms. The van der Waals surface area contributed by atoms with Gasteiger partial charge in [0, 0.05) is 35.3 Å². The van der Waals surface area contributed by atoms with Crippen molar-refractivity contribution < 1.29 is 23.8 Å². The van der Waals surface area contributed by atoms with Crippen molar-refractivity contribution in [2.75, 3.05) is 27.9 Å². The van der Waals surface area contributed by atoms with Crippen molar-refractivity contribution in [2.24, 2.45) is 5.10 Å². The molecule has 1 heterocycles. The fraction of sp³-hybridized carbons (Fsp3) is 0.216. The van der Waals surface area contributed by atoms with Gasteiger partial charge >= 0.3 is 5.97 Å². The highest BCUT2D eigenvalue weighted by Crippen LogP contribution is 2.43. The fourth-order valence-electron chi connectivity index (χ4n) is 5.19. The number of thiophene rings is 1. The molecule has 0 bridgehead atoms. The van der Waals surface area contributed by atoms with Crippen LogP contribution in [0, 0.1) is 0 Å². The number of nitrogens with zero attached hydrogens (tertiary/aromatic N) is 3.